The number of rotatable bonds is 4. The lowest BCUT2D eigenvalue weighted by molar-refractivity contribution is 0.383. The van der Waals surface area contributed by atoms with Crippen molar-refractivity contribution in [1.82, 2.24) is 24.1 Å². The normalized spacial score (nSPS) is 18.1. The van der Waals surface area contributed by atoms with Gasteiger partial charge in [0.2, 0.25) is 10.0 Å². The van der Waals surface area contributed by atoms with Gasteiger partial charge < -0.3 is 4.90 Å². The predicted molar refractivity (Wildman–Crippen MR) is 118 cm³/mol. The Labute approximate surface area is 180 Å². The van der Waals surface area contributed by atoms with Crippen LogP contribution in [-0.4, -0.2) is 58.7 Å². The molecular formula is C22H22N6O2S. The van der Waals surface area contributed by atoms with Crippen LogP contribution in [-0.2, 0) is 10.0 Å². The van der Waals surface area contributed by atoms with E-state index < -0.39 is 10.0 Å². The van der Waals surface area contributed by atoms with E-state index in [0.717, 1.165) is 40.9 Å². The highest BCUT2D eigenvalue weighted by Crippen LogP contribution is 2.38. The van der Waals surface area contributed by atoms with Crippen LogP contribution in [0.25, 0.3) is 16.4 Å². The van der Waals surface area contributed by atoms with Crippen LogP contribution in [0.3, 0.4) is 0 Å². The summed E-state index contributed by atoms with van der Waals surface area (Å²) in [7, 11) is -3.53. The molecule has 9 heteroatoms. The molecule has 2 aliphatic rings. The Kier molecular flexibility index (Phi) is 4.22. The molecule has 0 N–H and O–H groups in total. The molecule has 3 heterocycles. The molecule has 1 aliphatic carbocycles. The van der Waals surface area contributed by atoms with Gasteiger partial charge in [-0.2, -0.15) is 8.82 Å². The number of hydrogen-bond donors (Lipinski definition) is 0. The molecule has 0 amide bonds. The second-order valence-corrected chi connectivity index (χ2v) is 10.1. The summed E-state index contributed by atoms with van der Waals surface area (Å²) in [5, 5.41) is 15.2. The molecule has 1 aliphatic heterocycles. The maximum absolute atomic E-state index is 13.2. The third-order valence-corrected chi connectivity index (χ3v) is 8.03. The highest BCUT2D eigenvalue weighted by atomic mass is 32.2. The molecule has 2 aromatic heterocycles. The summed E-state index contributed by atoms with van der Waals surface area (Å²) >= 11 is 0. The molecule has 4 aromatic rings. The van der Waals surface area contributed by atoms with E-state index in [4.69, 9.17) is 5.10 Å². The number of piperazine rings is 1. The SMILES string of the molecule is O=S(=O)(c1ccc2ccccc2c1)N1CCN(c2ccc3nnc(C4CC4)n3n2)CC1. The Hall–Kier alpha value is -3.04. The maximum Gasteiger partial charge on any atom is 0.243 e. The molecule has 6 rings (SSSR count). The standard InChI is InChI=1S/C22H22N6O2S/c29-31(30,19-8-7-16-3-1-2-4-18(16)15-19)27-13-11-26(12-14-27)21-10-9-20-23-24-22(17-5-6-17)28(20)25-21/h1-4,7-10,15,17H,5-6,11-14H2. The number of hydrogen-bond acceptors (Lipinski definition) is 6. The van der Waals surface area contributed by atoms with Crippen molar-refractivity contribution in [1.29, 1.82) is 0 Å². The van der Waals surface area contributed by atoms with Crippen molar-refractivity contribution in [3.63, 3.8) is 0 Å². The first-order valence-electron chi connectivity index (χ1n) is 10.6. The lowest BCUT2D eigenvalue weighted by Crippen LogP contribution is -2.49. The van der Waals surface area contributed by atoms with Crippen molar-refractivity contribution in [2.24, 2.45) is 0 Å². The summed E-state index contributed by atoms with van der Waals surface area (Å²) in [5.74, 6) is 2.22. The fourth-order valence-corrected chi connectivity index (χ4v) is 5.65. The number of nitrogens with zero attached hydrogens (tertiary/aromatic N) is 6. The van der Waals surface area contributed by atoms with Crippen LogP contribution < -0.4 is 4.90 Å². The summed E-state index contributed by atoms with van der Waals surface area (Å²) in [4.78, 5) is 2.47. The number of benzene rings is 2. The van der Waals surface area contributed by atoms with Gasteiger partial charge in [0.1, 0.15) is 5.82 Å². The number of sulfonamides is 1. The molecule has 8 nitrogen and oxygen atoms in total. The van der Waals surface area contributed by atoms with Crippen LogP contribution >= 0.6 is 0 Å². The van der Waals surface area contributed by atoms with Gasteiger partial charge in [0.05, 0.1) is 4.90 Å². The highest BCUT2D eigenvalue weighted by molar-refractivity contribution is 7.89. The zero-order chi connectivity index (χ0) is 21.0. The van der Waals surface area contributed by atoms with Crippen molar-refractivity contribution in [3.8, 4) is 0 Å². The minimum Gasteiger partial charge on any atom is -0.353 e. The fraction of sp³-hybridized carbons (Fsp3) is 0.318. The summed E-state index contributed by atoms with van der Waals surface area (Å²) in [6.45, 7) is 2.03. The topological polar surface area (TPSA) is 83.7 Å². The van der Waals surface area contributed by atoms with Gasteiger partial charge in [-0.1, -0.05) is 30.3 Å². The molecular weight excluding hydrogens is 412 g/mol. The van der Waals surface area contributed by atoms with E-state index in [9.17, 15) is 8.42 Å². The van der Waals surface area contributed by atoms with Crippen molar-refractivity contribution in [3.05, 3.63) is 60.4 Å². The molecule has 31 heavy (non-hydrogen) atoms. The first-order valence-corrected chi connectivity index (χ1v) is 12.0. The monoisotopic (exact) mass is 434 g/mol. The number of aromatic nitrogens is 4. The van der Waals surface area contributed by atoms with Gasteiger partial charge in [-0.15, -0.1) is 15.3 Å². The molecule has 158 valence electrons. The molecule has 0 spiro atoms. The molecule has 0 bridgehead atoms. The van der Waals surface area contributed by atoms with E-state index in [1.165, 1.54) is 0 Å². The van der Waals surface area contributed by atoms with Gasteiger partial charge in [0, 0.05) is 32.1 Å². The third kappa shape index (κ3) is 3.24. The van der Waals surface area contributed by atoms with Crippen molar-refractivity contribution >= 4 is 32.3 Å². The zero-order valence-electron chi connectivity index (χ0n) is 16.9. The van der Waals surface area contributed by atoms with Crippen LogP contribution in [0.15, 0.2) is 59.5 Å². The molecule has 0 unspecified atom stereocenters. The van der Waals surface area contributed by atoms with Crippen LogP contribution in [0, 0.1) is 0 Å². The van der Waals surface area contributed by atoms with Crippen LogP contribution in [0.4, 0.5) is 5.82 Å². The molecule has 1 saturated heterocycles. The van der Waals surface area contributed by atoms with Gasteiger partial charge in [-0.25, -0.2) is 8.42 Å². The minimum absolute atomic E-state index is 0.345. The van der Waals surface area contributed by atoms with E-state index in [-0.39, 0.29) is 0 Å². The molecule has 0 radical (unpaired) electrons. The third-order valence-electron chi connectivity index (χ3n) is 6.14. The van der Waals surface area contributed by atoms with Gasteiger partial charge in [-0.3, -0.25) is 0 Å². The van der Waals surface area contributed by atoms with Gasteiger partial charge in [0.15, 0.2) is 11.5 Å². The molecule has 2 aromatic carbocycles. The van der Waals surface area contributed by atoms with E-state index in [1.54, 1.807) is 16.4 Å². The van der Waals surface area contributed by atoms with Gasteiger partial charge >= 0.3 is 0 Å². The van der Waals surface area contributed by atoms with E-state index in [0.29, 0.717) is 37.0 Å². The Morgan fingerprint density at radius 3 is 2.39 bits per heavy atom. The van der Waals surface area contributed by atoms with Gasteiger partial charge in [0.25, 0.3) is 0 Å². The average molecular weight is 435 g/mol. The molecule has 2 fully saturated rings. The Morgan fingerprint density at radius 2 is 1.61 bits per heavy atom. The van der Waals surface area contributed by atoms with Crippen molar-refractivity contribution in [2.75, 3.05) is 31.1 Å². The fourth-order valence-electron chi connectivity index (χ4n) is 4.20. The largest absolute Gasteiger partial charge is 0.353 e. The summed E-state index contributed by atoms with van der Waals surface area (Å²) < 4.78 is 29.8. The summed E-state index contributed by atoms with van der Waals surface area (Å²) in [5.41, 5.74) is 0.753. The highest BCUT2D eigenvalue weighted by Gasteiger charge is 2.31. The van der Waals surface area contributed by atoms with Crippen LogP contribution in [0.2, 0.25) is 0 Å². The number of fused-ring (bicyclic) bond motifs is 2. The van der Waals surface area contributed by atoms with Crippen molar-refractivity contribution < 1.29 is 8.42 Å². The first-order chi connectivity index (χ1) is 15.1. The number of anilines is 1. The smallest absolute Gasteiger partial charge is 0.243 e. The molecule has 0 atom stereocenters. The lowest BCUT2D eigenvalue weighted by atomic mass is 10.1. The first kappa shape index (κ1) is 18.7. The van der Waals surface area contributed by atoms with E-state index in [1.807, 2.05) is 47.0 Å². The maximum atomic E-state index is 13.2. The molecule has 1 saturated carbocycles. The van der Waals surface area contributed by atoms with Crippen LogP contribution in [0.1, 0.15) is 24.6 Å². The minimum atomic E-state index is -3.53. The summed E-state index contributed by atoms with van der Waals surface area (Å²) in [6.07, 6.45) is 2.27. The Morgan fingerprint density at radius 1 is 0.839 bits per heavy atom. The second-order valence-electron chi connectivity index (χ2n) is 8.19. The zero-order valence-corrected chi connectivity index (χ0v) is 17.7. The lowest BCUT2D eigenvalue weighted by Gasteiger charge is -2.34. The quantitative estimate of drug-likeness (QED) is 0.491. The van der Waals surface area contributed by atoms with Crippen molar-refractivity contribution in [2.45, 2.75) is 23.7 Å². The van der Waals surface area contributed by atoms with E-state index >= 15 is 0 Å². The average Bonchev–Trinajstić information content (AvgIpc) is 3.57. The van der Waals surface area contributed by atoms with Crippen LogP contribution in [0.5, 0.6) is 0 Å². The Bertz CT molecular complexity index is 1390. The van der Waals surface area contributed by atoms with E-state index in [2.05, 4.69) is 15.1 Å². The Balaban J connectivity index is 1.22. The second kappa shape index (κ2) is 7.00. The van der Waals surface area contributed by atoms with Gasteiger partial charge in [-0.05, 0) is 47.9 Å². The predicted octanol–water partition coefficient (Wildman–Crippen LogP) is 2.67. The summed E-state index contributed by atoms with van der Waals surface area (Å²) in [6, 6.07) is 17.0.